The van der Waals surface area contributed by atoms with Crippen LogP contribution in [-0.4, -0.2) is 11.5 Å². The molecule has 0 atom stereocenters. The molecular weight excluding hydrogens is 180 g/mol. The van der Waals surface area contributed by atoms with Gasteiger partial charge in [0.05, 0.1) is 5.75 Å². The van der Waals surface area contributed by atoms with E-state index in [0.29, 0.717) is 5.75 Å². The fourth-order valence-corrected chi connectivity index (χ4v) is 2.16. The Morgan fingerprint density at radius 3 is 2.46 bits per heavy atom. The van der Waals surface area contributed by atoms with Crippen LogP contribution in [0.4, 0.5) is 0 Å². The predicted octanol–water partition coefficient (Wildman–Crippen LogP) is 2.65. The summed E-state index contributed by atoms with van der Waals surface area (Å²) in [5.41, 5.74) is 2.40. The average molecular weight is 190 g/mol. The molecule has 2 heteroatoms. The summed E-state index contributed by atoms with van der Waals surface area (Å²) < 4.78 is 0. The van der Waals surface area contributed by atoms with Crippen molar-refractivity contribution in [3.8, 4) is 0 Å². The molecule has 0 bridgehead atoms. The third kappa shape index (κ3) is 1.83. The minimum Gasteiger partial charge on any atom is -0.294 e. The molecule has 1 aromatic rings. The number of rotatable bonds is 1. The molecule has 2 rings (SSSR count). The molecule has 1 aliphatic heterocycles. The van der Waals surface area contributed by atoms with Gasteiger partial charge in [0.15, 0.2) is 5.78 Å². The molecule has 1 aliphatic rings. The second-order valence-corrected chi connectivity index (χ2v) is 4.15. The van der Waals surface area contributed by atoms with Crippen molar-refractivity contribution in [1.29, 1.82) is 0 Å². The molecule has 66 valence electrons. The molecule has 1 heterocycles. The fourth-order valence-electron chi connectivity index (χ4n) is 1.26. The van der Waals surface area contributed by atoms with Gasteiger partial charge >= 0.3 is 0 Å². The Bertz CT molecular complexity index is 362. The molecule has 0 saturated carbocycles. The number of ketones is 1. The van der Waals surface area contributed by atoms with Gasteiger partial charge in [-0.25, -0.2) is 0 Å². The molecule has 1 nitrogen and oxygen atoms in total. The first-order valence-electron chi connectivity index (χ1n) is 4.20. The maximum absolute atomic E-state index is 11.0. The van der Waals surface area contributed by atoms with E-state index in [4.69, 9.17) is 0 Å². The first-order valence-corrected chi connectivity index (χ1v) is 5.18. The smallest absolute Gasteiger partial charge is 0.167 e. The van der Waals surface area contributed by atoms with Crippen molar-refractivity contribution in [3.05, 3.63) is 41.5 Å². The molecule has 0 radical (unpaired) electrons. The fraction of sp³-hybridized carbons (Fsp3) is 0.182. The molecule has 0 N–H and O–H groups in total. The van der Waals surface area contributed by atoms with E-state index in [0.717, 1.165) is 10.5 Å². The van der Waals surface area contributed by atoms with Crippen LogP contribution in [-0.2, 0) is 4.79 Å². The van der Waals surface area contributed by atoms with Crippen LogP contribution in [0.15, 0.2) is 30.3 Å². The maximum Gasteiger partial charge on any atom is 0.167 e. The second-order valence-electron chi connectivity index (χ2n) is 3.13. The van der Waals surface area contributed by atoms with Gasteiger partial charge in [0.25, 0.3) is 0 Å². The van der Waals surface area contributed by atoms with Crippen molar-refractivity contribution in [2.45, 2.75) is 6.92 Å². The van der Waals surface area contributed by atoms with Gasteiger partial charge in [0.2, 0.25) is 0 Å². The first-order chi connectivity index (χ1) is 6.25. The van der Waals surface area contributed by atoms with Crippen LogP contribution in [0.1, 0.15) is 11.1 Å². The molecule has 1 aromatic carbocycles. The van der Waals surface area contributed by atoms with Crippen LogP contribution >= 0.6 is 11.8 Å². The van der Waals surface area contributed by atoms with Crippen LogP contribution < -0.4 is 0 Å². The maximum atomic E-state index is 11.0. The van der Waals surface area contributed by atoms with Crippen LogP contribution in [0, 0.1) is 6.92 Å². The van der Waals surface area contributed by atoms with Gasteiger partial charge in [0, 0.05) is 4.91 Å². The van der Waals surface area contributed by atoms with E-state index in [9.17, 15) is 4.79 Å². The van der Waals surface area contributed by atoms with E-state index < -0.39 is 0 Å². The first kappa shape index (κ1) is 8.57. The summed E-state index contributed by atoms with van der Waals surface area (Å²) >= 11 is 1.62. The largest absolute Gasteiger partial charge is 0.294 e. The lowest BCUT2D eigenvalue weighted by Crippen LogP contribution is -1.86. The Balaban J connectivity index is 2.31. The van der Waals surface area contributed by atoms with Gasteiger partial charge in [-0.15, -0.1) is 11.8 Å². The highest BCUT2D eigenvalue weighted by atomic mass is 32.2. The summed E-state index contributed by atoms with van der Waals surface area (Å²) in [7, 11) is 0. The lowest BCUT2D eigenvalue weighted by atomic mass is 10.1. The lowest BCUT2D eigenvalue weighted by Gasteiger charge is -2.00. The summed E-state index contributed by atoms with van der Waals surface area (Å²) in [5.74, 6) is 0.823. The van der Waals surface area contributed by atoms with E-state index in [1.807, 2.05) is 0 Å². The number of hydrogen-bond donors (Lipinski definition) is 0. The highest BCUT2D eigenvalue weighted by molar-refractivity contribution is 8.09. The number of benzene rings is 1. The summed E-state index contributed by atoms with van der Waals surface area (Å²) in [6, 6.07) is 8.26. The summed E-state index contributed by atoms with van der Waals surface area (Å²) in [5, 5.41) is 0. The highest BCUT2D eigenvalue weighted by Crippen LogP contribution is 2.32. The van der Waals surface area contributed by atoms with Crippen molar-refractivity contribution in [3.63, 3.8) is 0 Å². The Morgan fingerprint density at radius 1 is 1.23 bits per heavy atom. The Hall–Kier alpha value is -1.02. The molecule has 0 unspecified atom stereocenters. The van der Waals surface area contributed by atoms with Crippen LogP contribution in [0.5, 0.6) is 0 Å². The van der Waals surface area contributed by atoms with Gasteiger partial charge in [-0.2, -0.15) is 0 Å². The van der Waals surface area contributed by atoms with Crippen LogP contribution in [0.2, 0.25) is 0 Å². The number of thioether (sulfide) groups is 1. The highest BCUT2D eigenvalue weighted by Gasteiger charge is 2.13. The zero-order valence-corrected chi connectivity index (χ0v) is 8.23. The second kappa shape index (κ2) is 3.38. The lowest BCUT2D eigenvalue weighted by molar-refractivity contribution is -0.112. The van der Waals surface area contributed by atoms with Gasteiger partial charge in [0.1, 0.15) is 0 Å². The van der Waals surface area contributed by atoms with Gasteiger partial charge in [-0.3, -0.25) is 4.79 Å². The zero-order chi connectivity index (χ0) is 9.26. The molecule has 0 saturated heterocycles. The monoisotopic (exact) mass is 190 g/mol. The molecule has 0 aliphatic carbocycles. The van der Waals surface area contributed by atoms with Crippen molar-refractivity contribution >= 4 is 22.5 Å². The molecular formula is C11H10OS. The van der Waals surface area contributed by atoms with Gasteiger partial charge < -0.3 is 0 Å². The van der Waals surface area contributed by atoms with E-state index in [-0.39, 0.29) is 5.78 Å². The number of aryl methyl sites for hydroxylation is 1. The van der Waals surface area contributed by atoms with Crippen LogP contribution in [0.25, 0.3) is 4.91 Å². The number of allylic oxidation sites excluding steroid dienone is 1. The normalized spacial score (nSPS) is 16.1. The predicted molar refractivity (Wildman–Crippen MR) is 56.6 cm³/mol. The zero-order valence-electron chi connectivity index (χ0n) is 7.41. The quantitative estimate of drug-likeness (QED) is 0.677. The van der Waals surface area contributed by atoms with E-state index in [1.54, 1.807) is 17.8 Å². The molecule has 13 heavy (non-hydrogen) atoms. The topological polar surface area (TPSA) is 17.1 Å². The number of carbonyl (C=O) groups is 1. The molecule has 0 aromatic heterocycles. The van der Waals surface area contributed by atoms with Crippen molar-refractivity contribution in [2.24, 2.45) is 0 Å². The standard InChI is InChI=1S/C11H10OS/c1-8-2-4-9(5-3-8)11-6-10(12)7-13-11/h2-6H,7H2,1H3. The van der Waals surface area contributed by atoms with Gasteiger partial charge in [-0.05, 0) is 18.6 Å². The Labute approximate surface area is 81.8 Å². The Morgan fingerprint density at radius 2 is 1.92 bits per heavy atom. The van der Waals surface area contributed by atoms with E-state index >= 15 is 0 Å². The molecule has 0 fully saturated rings. The third-order valence-electron chi connectivity index (χ3n) is 2.00. The summed E-state index contributed by atoms with van der Waals surface area (Å²) in [6.45, 7) is 2.06. The SMILES string of the molecule is Cc1ccc(C2=CC(=O)CS2)cc1. The minimum absolute atomic E-state index is 0.223. The van der Waals surface area contributed by atoms with Crippen LogP contribution in [0.3, 0.4) is 0 Å². The number of carbonyl (C=O) groups excluding carboxylic acids is 1. The summed E-state index contributed by atoms with van der Waals surface area (Å²) in [6.07, 6.45) is 1.73. The average Bonchev–Trinajstić information content (AvgIpc) is 2.53. The van der Waals surface area contributed by atoms with Crippen molar-refractivity contribution in [1.82, 2.24) is 0 Å². The van der Waals surface area contributed by atoms with Crippen molar-refractivity contribution < 1.29 is 4.79 Å². The number of hydrogen-bond acceptors (Lipinski definition) is 2. The summed E-state index contributed by atoms with van der Waals surface area (Å²) in [4.78, 5) is 12.1. The molecule has 0 amide bonds. The third-order valence-corrected chi connectivity index (χ3v) is 3.09. The van der Waals surface area contributed by atoms with Gasteiger partial charge in [-0.1, -0.05) is 29.8 Å². The minimum atomic E-state index is 0.223. The van der Waals surface area contributed by atoms with Crippen molar-refractivity contribution in [2.75, 3.05) is 5.75 Å². The van der Waals surface area contributed by atoms with E-state index in [1.165, 1.54) is 5.56 Å². The Kier molecular flexibility index (Phi) is 2.23. The molecule has 0 spiro atoms. The van der Waals surface area contributed by atoms with E-state index in [2.05, 4.69) is 31.2 Å².